The van der Waals surface area contributed by atoms with Crippen LogP contribution in [-0.4, -0.2) is 128 Å². The number of carbonyl (C=O) groups is 6. The molecule has 1 aliphatic carbocycles. The first-order valence-corrected chi connectivity index (χ1v) is 16.2. The average molecular weight is 668 g/mol. The van der Waals surface area contributed by atoms with Gasteiger partial charge < -0.3 is 40.3 Å². The summed E-state index contributed by atoms with van der Waals surface area (Å²) in [7, 11) is 0. The van der Waals surface area contributed by atoms with Crippen LogP contribution in [0, 0.1) is 5.92 Å². The summed E-state index contributed by atoms with van der Waals surface area (Å²) in [6.45, 7) is 2.94. The van der Waals surface area contributed by atoms with Crippen LogP contribution in [0.4, 0.5) is 4.79 Å². The van der Waals surface area contributed by atoms with E-state index in [1.807, 2.05) is 0 Å². The Balaban J connectivity index is 1.31. The summed E-state index contributed by atoms with van der Waals surface area (Å²) < 4.78 is 7.44. The highest BCUT2D eigenvalue weighted by molar-refractivity contribution is 5.96. The molecule has 3 aliphatic rings. The van der Waals surface area contributed by atoms with Crippen molar-refractivity contribution in [2.45, 2.75) is 63.6 Å². The van der Waals surface area contributed by atoms with Crippen molar-refractivity contribution in [3.8, 4) is 11.6 Å². The Labute approximate surface area is 277 Å². The van der Waals surface area contributed by atoms with Crippen LogP contribution in [0.25, 0.3) is 5.69 Å². The number of benzene rings is 1. The van der Waals surface area contributed by atoms with Gasteiger partial charge in [-0.2, -0.15) is 5.10 Å². The molecule has 3 atom stereocenters. The summed E-state index contributed by atoms with van der Waals surface area (Å²) in [6.07, 6.45) is 0.702. The molecule has 0 spiro atoms. The largest absolute Gasteiger partial charge is 0.481 e. The summed E-state index contributed by atoms with van der Waals surface area (Å²) >= 11 is 0. The Hall–Kier alpha value is -5.15. The highest BCUT2D eigenvalue weighted by Crippen LogP contribution is 2.28. The van der Waals surface area contributed by atoms with E-state index in [-0.39, 0.29) is 56.0 Å². The fourth-order valence-corrected chi connectivity index (χ4v) is 5.86. The highest BCUT2D eigenvalue weighted by Gasteiger charge is 2.38. The maximum atomic E-state index is 13.5. The molecular weight excluding hydrogens is 626 g/mol. The molecule has 258 valence electrons. The molecular formula is C32H41N7O9. The van der Waals surface area contributed by atoms with E-state index in [1.165, 1.54) is 25.4 Å². The zero-order valence-electron chi connectivity index (χ0n) is 26.7. The lowest BCUT2D eigenvalue weighted by atomic mass is 10.1. The van der Waals surface area contributed by atoms with Crippen LogP contribution in [0.1, 0.15) is 55.9 Å². The molecule has 1 aromatic heterocycles. The minimum absolute atomic E-state index is 0.0688. The number of piperazine rings is 1. The summed E-state index contributed by atoms with van der Waals surface area (Å²) in [5.74, 6) is -2.44. The second-order valence-electron chi connectivity index (χ2n) is 12.3. The van der Waals surface area contributed by atoms with Crippen LogP contribution in [0.2, 0.25) is 0 Å². The van der Waals surface area contributed by atoms with Crippen LogP contribution in [0.15, 0.2) is 36.4 Å². The summed E-state index contributed by atoms with van der Waals surface area (Å²) in [4.78, 5) is 80.0. The van der Waals surface area contributed by atoms with Gasteiger partial charge >= 0.3 is 12.1 Å². The summed E-state index contributed by atoms with van der Waals surface area (Å²) in [5, 5.41) is 28.5. The number of carboxylic acid groups (broad SMARTS) is 2. The molecule has 2 saturated heterocycles. The second-order valence-corrected chi connectivity index (χ2v) is 12.3. The number of amides is 5. The molecule has 48 heavy (non-hydrogen) atoms. The molecule has 5 rings (SSSR count). The van der Waals surface area contributed by atoms with Gasteiger partial charge in [-0.3, -0.25) is 24.0 Å². The number of hydrogen-bond acceptors (Lipinski definition) is 8. The van der Waals surface area contributed by atoms with Gasteiger partial charge in [-0.15, -0.1) is 0 Å². The standard InChI is InChI=1S/C32H41N7O9/c1-20(30(44)38-13-5-8-25(38)29(43)33-19-21-9-10-21)48-26-18-24(35-39(26)22-6-3-2-4-7-22)28(42)34-23(11-12-27(40)41)31(45)36-14-16-37(17-15-36)32(46)47/h2-4,6-7,18,20-21,23,25H,5,8-17,19H2,1H3,(H,33,43)(H,34,42)(H,40,41)(H,46,47)/t20-,23?,25?/m0/s1. The molecule has 2 aromatic rings. The molecule has 16 heteroatoms. The molecule has 3 heterocycles. The topological polar surface area (TPSA) is 204 Å². The smallest absolute Gasteiger partial charge is 0.407 e. The number of para-hydroxylation sites is 1. The van der Waals surface area contributed by atoms with Crippen molar-refractivity contribution in [3.63, 3.8) is 0 Å². The summed E-state index contributed by atoms with van der Waals surface area (Å²) in [5.41, 5.74) is 0.385. The van der Waals surface area contributed by atoms with E-state index in [9.17, 15) is 39.0 Å². The van der Waals surface area contributed by atoms with Crippen molar-refractivity contribution in [1.82, 2.24) is 35.1 Å². The molecule has 2 unspecified atom stereocenters. The Kier molecular flexibility index (Phi) is 10.8. The third-order valence-electron chi connectivity index (χ3n) is 8.77. The Morgan fingerprint density at radius 3 is 2.27 bits per heavy atom. The first-order valence-electron chi connectivity index (χ1n) is 16.2. The molecule has 4 N–H and O–H groups in total. The van der Waals surface area contributed by atoms with Gasteiger partial charge in [0.05, 0.1) is 5.69 Å². The average Bonchev–Trinajstić information content (AvgIpc) is 3.61. The van der Waals surface area contributed by atoms with E-state index in [0.29, 0.717) is 37.5 Å². The maximum Gasteiger partial charge on any atom is 0.407 e. The van der Waals surface area contributed by atoms with E-state index in [1.54, 1.807) is 37.3 Å². The van der Waals surface area contributed by atoms with Gasteiger partial charge in [0.25, 0.3) is 11.8 Å². The minimum Gasteiger partial charge on any atom is -0.481 e. The van der Waals surface area contributed by atoms with Crippen LogP contribution >= 0.6 is 0 Å². The third kappa shape index (κ3) is 8.41. The predicted molar refractivity (Wildman–Crippen MR) is 168 cm³/mol. The first kappa shape index (κ1) is 34.2. The number of ether oxygens (including phenoxy) is 1. The van der Waals surface area contributed by atoms with Crippen LogP contribution in [0.3, 0.4) is 0 Å². The van der Waals surface area contributed by atoms with Crippen molar-refractivity contribution in [2.75, 3.05) is 39.3 Å². The quantitative estimate of drug-likeness (QED) is 0.238. The number of aromatic nitrogens is 2. The molecule has 5 amide bonds. The SMILES string of the molecule is C[C@H](Oc1cc(C(=O)NC(CCC(=O)O)C(=O)N2CCN(C(=O)O)CC2)nn1-c1ccccc1)C(=O)N1CCCC1C(=O)NCC1CC1. The van der Waals surface area contributed by atoms with Gasteiger partial charge in [0.15, 0.2) is 11.8 Å². The Morgan fingerprint density at radius 1 is 0.938 bits per heavy atom. The van der Waals surface area contributed by atoms with Crippen LogP contribution < -0.4 is 15.4 Å². The fraction of sp³-hybridized carbons (Fsp3) is 0.531. The lowest BCUT2D eigenvalue weighted by molar-refractivity contribution is -0.143. The Morgan fingerprint density at radius 2 is 1.62 bits per heavy atom. The monoisotopic (exact) mass is 667 g/mol. The molecule has 16 nitrogen and oxygen atoms in total. The number of likely N-dealkylation sites (tertiary alicyclic amines) is 1. The van der Waals surface area contributed by atoms with Gasteiger partial charge in [-0.1, -0.05) is 18.2 Å². The lowest BCUT2D eigenvalue weighted by Gasteiger charge is -2.35. The zero-order chi connectivity index (χ0) is 34.4. The lowest BCUT2D eigenvalue weighted by Crippen LogP contribution is -2.55. The molecule has 0 bridgehead atoms. The number of nitrogens with one attached hydrogen (secondary N) is 2. The van der Waals surface area contributed by atoms with Gasteiger partial charge in [0, 0.05) is 51.8 Å². The van der Waals surface area contributed by atoms with E-state index in [2.05, 4.69) is 15.7 Å². The molecule has 0 radical (unpaired) electrons. The van der Waals surface area contributed by atoms with Gasteiger partial charge in [-0.05, 0) is 57.1 Å². The van der Waals surface area contributed by atoms with Crippen molar-refractivity contribution >= 4 is 35.7 Å². The molecule has 3 fully saturated rings. The number of rotatable bonds is 13. The number of carboxylic acids is 1. The zero-order valence-corrected chi connectivity index (χ0v) is 26.7. The summed E-state index contributed by atoms with van der Waals surface area (Å²) in [6, 6.07) is 8.30. The number of nitrogens with zero attached hydrogens (tertiary/aromatic N) is 5. The van der Waals surface area contributed by atoms with E-state index >= 15 is 0 Å². The maximum absolute atomic E-state index is 13.5. The van der Waals surface area contributed by atoms with Crippen LogP contribution in [-0.2, 0) is 19.2 Å². The van der Waals surface area contributed by atoms with Gasteiger partial charge in [0.2, 0.25) is 17.7 Å². The normalized spacial score (nSPS) is 18.9. The van der Waals surface area contributed by atoms with Crippen molar-refractivity contribution < 1.29 is 43.7 Å². The number of aliphatic carboxylic acids is 1. The second kappa shape index (κ2) is 15.2. The predicted octanol–water partition coefficient (Wildman–Crippen LogP) is 0.942. The number of hydrogen-bond donors (Lipinski definition) is 4. The molecule has 1 aromatic carbocycles. The van der Waals surface area contributed by atoms with E-state index in [0.717, 1.165) is 12.8 Å². The van der Waals surface area contributed by atoms with Crippen molar-refractivity contribution in [2.24, 2.45) is 5.92 Å². The highest BCUT2D eigenvalue weighted by atomic mass is 16.5. The van der Waals surface area contributed by atoms with E-state index in [4.69, 9.17) is 4.74 Å². The van der Waals surface area contributed by atoms with Crippen LogP contribution in [0.5, 0.6) is 5.88 Å². The molecule has 1 saturated carbocycles. The fourth-order valence-electron chi connectivity index (χ4n) is 5.86. The minimum atomic E-state index is -1.21. The first-order chi connectivity index (χ1) is 23.0. The van der Waals surface area contributed by atoms with Crippen molar-refractivity contribution in [3.05, 3.63) is 42.1 Å². The Bertz CT molecular complexity index is 1520. The van der Waals surface area contributed by atoms with E-state index < -0.39 is 48.5 Å². The van der Waals surface area contributed by atoms with Gasteiger partial charge in [0.1, 0.15) is 12.1 Å². The third-order valence-corrected chi connectivity index (χ3v) is 8.77. The number of carbonyl (C=O) groups excluding carboxylic acids is 4. The molecule has 2 aliphatic heterocycles. The van der Waals surface area contributed by atoms with Gasteiger partial charge in [-0.25, -0.2) is 9.48 Å². The van der Waals surface area contributed by atoms with Crippen molar-refractivity contribution in [1.29, 1.82) is 0 Å².